The molecule has 3 rings (SSSR count). The van der Waals surface area contributed by atoms with Crippen LogP contribution in [0.25, 0.3) is 0 Å². The summed E-state index contributed by atoms with van der Waals surface area (Å²) in [5, 5.41) is 10.7. The number of hydrogen-bond donors (Lipinski definition) is 1. The molecular formula is C14H9BrN4O. The van der Waals surface area contributed by atoms with Crippen molar-refractivity contribution in [1.29, 1.82) is 0 Å². The Kier molecular flexibility index (Phi) is 3.39. The van der Waals surface area contributed by atoms with Crippen LogP contribution in [0.2, 0.25) is 0 Å². The Bertz CT molecular complexity index is 725. The van der Waals surface area contributed by atoms with E-state index in [9.17, 15) is 4.79 Å². The van der Waals surface area contributed by atoms with Gasteiger partial charge in [0, 0.05) is 22.4 Å². The predicted octanol–water partition coefficient (Wildman–Crippen LogP) is 2.62. The zero-order chi connectivity index (χ0) is 13.9. The Labute approximate surface area is 123 Å². The van der Waals surface area contributed by atoms with Crippen molar-refractivity contribution < 1.29 is 4.79 Å². The molecule has 6 heteroatoms. The van der Waals surface area contributed by atoms with E-state index in [4.69, 9.17) is 0 Å². The van der Waals surface area contributed by atoms with Crippen LogP contribution in [-0.4, -0.2) is 22.8 Å². The van der Waals surface area contributed by atoms with Crippen LogP contribution in [0, 0.1) is 0 Å². The largest absolute Gasteiger partial charge is 0.320 e. The molecule has 1 N–H and O–H groups in total. The third kappa shape index (κ3) is 2.50. The van der Waals surface area contributed by atoms with E-state index in [0.717, 1.165) is 21.3 Å². The van der Waals surface area contributed by atoms with Crippen molar-refractivity contribution in [2.24, 2.45) is 10.2 Å². The molecule has 0 fully saturated rings. The number of carbonyl (C=O) groups excluding carboxylic acids is 1. The van der Waals surface area contributed by atoms with Crippen molar-refractivity contribution in [1.82, 2.24) is 4.98 Å². The summed E-state index contributed by atoms with van der Waals surface area (Å²) in [6.45, 7) is 0. The number of pyridine rings is 1. The molecule has 5 nitrogen and oxygen atoms in total. The molecular weight excluding hydrogens is 320 g/mol. The van der Waals surface area contributed by atoms with Gasteiger partial charge in [-0.1, -0.05) is 15.9 Å². The van der Waals surface area contributed by atoms with Gasteiger partial charge in [0.2, 0.25) is 0 Å². The first-order valence-electron chi connectivity index (χ1n) is 5.86. The van der Waals surface area contributed by atoms with Crippen molar-refractivity contribution in [2.45, 2.75) is 0 Å². The van der Waals surface area contributed by atoms with Gasteiger partial charge in [-0.15, -0.1) is 5.10 Å². The topological polar surface area (TPSA) is 66.7 Å². The molecule has 1 aromatic heterocycles. The van der Waals surface area contributed by atoms with Gasteiger partial charge in [0.05, 0.1) is 11.9 Å². The highest BCUT2D eigenvalue weighted by molar-refractivity contribution is 9.10. The Morgan fingerprint density at radius 3 is 2.80 bits per heavy atom. The summed E-state index contributed by atoms with van der Waals surface area (Å²) in [4.78, 5) is 15.8. The third-order valence-corrected chi connectivity index (χ3v) is 3.26. The maximum absolute atomic E-state index is 11.8. The van der Waals surface area contributed by atoms with Crippen LogP contribution in [0.1, 0.15) is 11.1 Å². The summed E-state index contributed by atoms with van der Waals surface area (Å²) in [7, 11) is 0. The van der Waals surface area contributed by atoms with E-state index < -0.39 is 0 Å². The average Bonchev–Trinajstić information content (AvgIpc) is 2.76. The highest BCUT2D eigenvalue weighted by atomic mass is 79.9. The van der Waals surface area contributed by atoms with Crippen LogP contribution in [0.3, 0.4) is 0 Å². The maximum Gasteiger partial charge on any atom is 0.276 e. The van der Waals surface area contributed by atoms with E-state index in [1.165, 1.54) is 0 Å². The predicted molar refractivity (Wildman–Crippen MR) is 81.1 cm³/mol. The van der Waals surface area contributed by atoms with E-state index in [1.54, 1.807) is 18.6 Å². The number of carbonyl (C=O) groups is 1. The molecule has 0 atom stereocenters. The lowest BCUT2D eigenvalue weighted by atomic mass is 10.1. The van der Waals surface area contributed by atoms with Gasteiger partial charge < -0.3 is 5.32 Å². The number of nitrogens with one attached hydrogen (secondary N) is 1. The first kappa shape index (κ1) is 12.7. The second kappa shape index (κ2) is 5.34. The van der Waals surface area contributed by atoms with Gasteiger partial charge in [-0.25, -0.2) is 0 Å². The van der Waals surface area contributed by atoms with E-state index >= 15 is 0 Å². The summed E-state index contributed by atoms with van der Waals surface area (Å²) >= 11 is 3.38. The van der Waals surface area contributed by atoms with Gasteiger partial charge in [0.25, 0.3) is 5.91 Å². The quantitative estimate of drug-likeness (QED) is 0.680. The lowest BCUT2D eigenvalue weighted by molar-refractivity contribution is -0.110. The number of fused-ring (bicyclic) bond motifs is 1. The molecule has 20 heavy (non-hydrogen) atoms. The molecule has 2 aromatic rings. The summed E-state index contributed by atoms with van der Waals surface area (Å²) in [5.41, 5.74) is 2.68. The SMILES string of the molecule is O=C1Nc2ccc(Br)cc2/C1=N/N=C\c1ccncc1. The molecule has 0 aliphatic carbocycles. The van der Waals surface area contributed by atoms with Crippen molar-refractivity contribution in [3.05, 3.63) is 58.3 Å². The number of amides is 1. The van der Waals surface area contributed by atoms with Gasteiger partial charge >= 0.3 is 0 Å². The zero-order valence-electron chi connectivity index (χ0n) is 10.2. The molecule has 0 unspecified atom stereocenters. The van der Waals surface area contributed by atoms with Crippen LogP contribution >= 0.6 is 15.9 Å². The molecule has 1 aliphatic heterocycles. The van der Waals surface area contributed by atoms with Gasteiger partial charge in [0.1, 0.15) is 0 Å². The highest BCUT2D eigenvalue weighted by Crippen LogP contribution is 2.26. The van der Waals surface area contributed by atoms with Gasteiger partial charge in [0.15, 0.2) is 5.71 Å². The zero-order valence-corrected chi connectivity index (χ0v) is 11.8. The molecule has 0 saturated carbocycles. The molecule has 0 saturated heterocycles. The van der Waals surface area contributed by atoms with E-state index in [1.807, 2.05) is 30.3 Å². The molecule has 98 valence electrons. The second-order valence-electron chi connectivity index (χ2n) is 4.12. The average molecular weight is 329 g/mol. The fraction of sp³-hybridized carbons (Fsp3) is 0. The summed E-state index contributed by atoms with van der Waals surface area (Å²) in [6.07, 6.45) is 4.92. The lowest BCUT2D eigenvalue weighted by Crippen LogP contribution is -2.13. The minimum absolute atomic E-state index is 0.245. The molecule has 1 amide bonds. The Hall–Kier alpha value is -2.34. The minimum Gasteiger partial charge on any atom is -0.320 e. The normalized spacial score (nSPS) is 15.7. The summed E-state index contributed by atoms with van der Waals surface area (Å²) < 4.78 is 0.888. The number of benzene rings is 1. The fourth-order valence-electron chi connectivity index (χ4n) is 1.83. The fourth-order valence-corrected chi connectivity index (χ4v) is 2.19. The Morgan fingerprint density at radius 1 is 1.20 bits per heavy atom. The first-order valence-corrected chi connectivity index (χ1v) is 6.66. The van der Waals surface area contributed by atoms with Crippen LogP contribution < -0.4 is 5.32 Å². The number of anilines is 1. The van der Waals surface area contributed by atoms with Crippen LogP contribution in [0.5, 0.6) is 0 Å². The maximum atomic E-state index is 11.8. The van der Waals surface area contributed by atoms with Crippen LogP contribution in [-0.2, 0) is 4.79 Å². The van der Waals surface area contributed by atoms with Crippen molar-refractivity contribution in [3.8, 4) is 0 Å². The van der Waals surface area contributed by atoms with Gasteiger partial charge in [-0.05, 0) is 35.9 Å². The number of rotatable bonds is 2. The third-order valence-electron chi connectivity index (χ3n) is 2.77. The summed E-state index contributed by atoms with van der Waals surface area (Å²) in [6, 6.07) is 9.15. The van der Waals surface area contributed by atoms with Crippen molar-refractivity contribution in [2.75, 3.05) is 5.32 Å². The molecule has 2 heterocycles. The van der Waals surface area contributed by atoms with E-state index in [2.05, 4.69) is 36.4 Å². The van der Waals surface area contributed by atoms with Gasteiger partial charge in [-0.2, -0.15) is 5.10 Å². The Balaban J connectivity index is 1.91. The standard InChI is InChI=1S/C14H9BrN4O/c15-10-1-2-12-11(7-10)13(14(20)18-12)19-17-8-9-3-5-16-6-4-9/h1-8H,(H,18,19,20)/b17-8-. The van der Waals surface area contributed by atoms with Crippen molar-refractivity contribution in [3.63, 3.8) is 0 Å². The summed E-state index contributed by atoms with van der Waals surface area (Å²) in [5.74, 6) is -0.245. The number of nitrogens with zero attached hydrogens (tertiary/aromatic N) is 3. The minimum atomic E-state index is -0.245. The van der Waals surface area contributed by atoms with E-state index in [0.29, 0.717) is 5.71 Å². The smallest absolute Gasteiger partial charge is 0.276 e. The van der Waals surface area contributed by atoms with Crippen LogP contribution in [0.15, 0.2) is 57.4 Å². The lowest BCUT2D eigenvalue weighted by Gasteiger charge is -1.96. The molecule has 0 radical (unpaired) electrons. The molecule has 0 bridgehead atoms. The second-order valence-corrected chi connectivity index (χ2v) is 5.03. The number of aromatic nitrogens is 1. The monoisotopic (exact) mass is 328 g/mol. The van der Waals surface area contributed by atoms with Gasteiger partial charge in [-0.3, -0.25) is 9.78 Å². The highest BCUT2D eigenvalue weighted by Gasteiger charge is 2.26. The van der Waals surface area contributed by atoms with E-state index in [-0.39, 0.29) is 5.91 Å². The number of halogens is 1. The number of hydrogen-bond acceptors (Lipinski definition) is 4. The molecule has 1 aromatic carbocycles. The van der Waals surface area contributed by atoms with Crippen molar-refractivity contribution >= 4 is 39.5 Å². The molecule has 1 aliphatic rings. The first-order chi connectivity index (χ1) is 9.74. The van der Waals surface area contributed by atoms with Crippen LogP contribution in [0.4, 0.5) is 5.69 Å². The Morgan fingerprint density at radius 2 is 2.00 bits per heavy atom. The molecule has 0 spiro atoms.